The van der Waals surface area contributed by atoms with Crippen molar-refractivity contribution in [3.8, 4) is 11.1 Å². The van der Waals surface area contributed by atoms with E-state index in [4.69, 9.17) is 4.98 Å². The molecule has 0 fully saturated rings. The van der Waals surface area contributed by atoms with Crippen LogP contribution in [0.1, 0.15) is 5.56 Å². The van der Waals surface area contributed by atoms with Gasteiger partial charge in [-0.1, -0.05) is 146 Å². The fourth-order valence-electron chi connectivity index (χ4n) is 7.28. The summed E-state index contributed by atoms with van der Waals surface area (Å²) in [5, 5.41) is 14.0. The molecular weight excluding hydrogens is 603 g/mol. The van der Waals surface area contributed by atoms with Crippen LogP contribution in [0.3, 0.4) is 0 Å². The molecule has 1 aliphatic rings. The fraction of sp³-hybridized carbons (Fsp3) is 0.0227. The number of fused-ring (bicyclic) bond motifs is 6. The zero-order chi connectivity index (χ0) is 32.1. The molecule has 228 valence electrons. The van der Waals surface area contributed by atoms with E-state index in [9.17, 15) is 0 Å². The molecule has 0 aliphatic carbocycles. The quantitative estimate of drug-likeness (QED) is 0.151. The van der Waals surface area contributed by atoms with E-state index < -0.39 is 12.9 Å². The van der Waals surface area contributed by atoms with Crippen molar-refractivity contribution >= 4 is 66.5 Å². The zero-order valence-corrected chi connectivity index (χ0v) is 27.0. The van der Waals surface area contributed by atoms with Crippen LogP contribution >= 0.6 is 7.14 Å². The second kappa shape index (κ2) is 11.5. The summed E-state index contributed by atoms with van der Waals surface area (Å²) in [6.07, 6.45) is 8.07. The largest absolute Gasteiger partial charge is 0.377 e. The molecule has 2 unspecified atom stereocenters. The van der Waals surface area contributed by atoms with Crippen molar-refractivity contribution in [3.63, 3.8) is 0 Å². The van der Waals surface area contributed by atoms with E-state index in [0.29, 0.717) is 5.44 Å². The second-order valence-corrected chi connectivity index (χ2v) is 15.2. The van der Waals surface area contributed by atoms with Gasteiger partial charge in [-0.15, -0.1) is 0 Å². The van der Waals surface area contributed by atoms with Crippen molar-refractivity contribution in [2.45, 2.75) is 5.78 Å². The number of hydrogen-bond acceptors (Lipinski definition) is 3. The molecule has 1 N–H and O–H groups in total. The molecule has 4 heteroatoms. The van der Waals surface area contributed by atoms with Gasteiger partial charge < -0.3 is 9.88 Å². The summed E-state index contributed by atoms with van der Waals surface area (Å²) in [6, 6.07) is 52.3. The predicted molar refractivity (Wildman–Crippen MR) is 203 cm³/mol. The van der Waals surface area contributed by atoms with Gasteiger partial charge in [-0.3, -0.25) is 4.98 Å². The highest BCUT2D eigenvalue weighted by Crippen LogP contribution is 2.49. The van der Waals surface area contributed by atoms with Crippen molar-refractivity contribution in [2.24, 2.45) is 0 Å². The van der Waals surface area contributed by atoms with E-state index in [1.807, 2.05) is 48.8 Å². The molecule has 0 amide bonds. The van der Waals surface area contributed by atoms with Gasteiger partial charge in [0, 0.05) is 23.3 Å². The van der Waals surface area contributed by atoms with Gasteiger partial charge >= 0.3 is 0 Å². The van der Waals surface area contributed by atoms with Crippen molar-refractivity contribution in [1.82, 2.24) is 10.3 Å². The van der Waals surface area contributed by atoms with E-state index in [-0.39, 0.29) is 0 Å². The van der Waals surface area contributed by atoms with Gasteiger partial charge in [-0.25, -0.2) is 0 Å². The molecule has 3 nitrogen and oxygen atoms in total. The van der Waals surface area contributed by atoms with E-state index in [1.165, 1.54) is 43.1 Å². The van der Waals surface area contributed by atoms with E-state index in [0.717, 1.165) is 27.6 Å². The number of nitrogens with zero attached hydrogens (tertiary/aromatic N) is 1. The number of rotatable bonds is 5. The van der Waals surface area contributed by atoms with Crippen molar-refractivity contribution in [3.05, 3.63) is 182 Å². The Hall–Kier alpha value is -5.76. The van der Waals surface area contributed by atoms with Crippen LogP contribution in [-0.2, 0) is 4.57 Å². The molecule has 9 rings (SSSR count). The topological polar surface area (TPSA) is 42.0 Å². The molecule has 0 radical (unpaired) electrons. The Morgan fingerprint density at radius 1 is 0.542 bits per heavy atom. The van der Waals surface area contributed by atoms with Gasteiger partial charge in [0.15, 0.2) is 7.14 Å². The number of nitrogens with one attached hydrogen (secondary N) is 1. The lowest BCUT2D eigenvalue weighted by Crippen LogP contribution is -2.35. The third kappa shape index (κ3) is 4.59. The first kappa shape index (κ1) is 28.5. The van der Waals surface area contributed by atoms with Crippen LogP contribution < -0.4 is 16.1 Å². The molecule has 1 aromatic heterocycles. The number of hydrogen-bond donors (Lipinski definition) is 1. The van der Waals surface area contributed by atoms with Gasteiger partial charge in [-0.05, 0) is 78.0 Å². The van der Waals surface area contributed by atoms with E-state index in [1.54, 1.807) is 0 Å². The monoisotopic (exact) mass is 634 g/mol. The maximum atomic E-state index is 15.4. The predicted octanol–water partition coefficient (Wildman–Crippen LogP) is 10.2. The maximum absolute atomic E-state index is 15.4. The van der Waals surface area contributed by atoms with Gasteiger partial charge in [-0.2, -0.15) is 0 Å². The normalized spacial score (nSPS) is 15.8. The number of benzene rings is 7. The van der Waals surface area contributed by atoms with Crippen LogP contribution in [0.25, 0.3) is 59.8 Å². The molecule has 0 bridgehead atoms. The molecular formula is C44H31N2OP. The van der Waals surface area contributed by atoms with Gasteiger partial charge in [0.1, 0.15) is 11.2 Å². The number of dihydropyridines is 1. The Morgan fingerprint density at radius 3 is 1.67 bits per heavy atom. The van der Waals surface area contributed by atoms with Crippen LogP contribution in [0.15, 0.2) is 176 Å². The Labute approximate surface area is 279 Å². The second-order valence-electron chi connectivity index (χ2n) is 12.4. The molecule has 1 aliphatic heterocycles. The SMILES string of the molecule is O=P(c1ccccc1)(c1ccc(-c2cc3ccccc3c3ccccc23)cn1)C1C=CC(c2cc3ccccc3c3ccccc23)=CN1. The van der Waals surface area contributed by atoms with Crippen LogP contribution in [0.2, 0.25) is 0 Å². The van der Waals surface area contributed by atoms with Crippen molar-refractivity contribution in [2.75, 3.05) is 0 Å². The van der Waals surface area contributed by atoms with E-state index in [2.05, 4.69) is 133 Å². The smallest absolute Gasteiger partial charge is 0.185 e. The van der Waals surface area contributed by atoms with Gasteiger partial charge in [0.2, 0.25) is 0 Å². The van der Waals surface area contributed by atoms with Gasteiger partial charge in [0.25, 0.3) is 0 Å². The minimum atomic E-state index is -3.26. The lowest BCUT2D eigenvalue weighted by molar-refractivity contribution is 0.578. The molecule has 0 saturated carbocycles. The summed E-state index contributed by atoms with van der Waals surface area (Å²) in [5.41, 5.74) is 4.89. The highest BCUT2D eigenvalue weighted by Gasteiger charge is 2.37. The summed E-state index contributed by atoms with van der Waals surface area (Å²) in [7, 11) is -3.26. The van der Waals surface area contributed by atoms with Crippen molar-refractivity contribution in [1.29, 1.82) is 0 Å². The average molecular weight is 635 g/mol. The summed E-state index contributed by atoms with van der Waals surface area (Å²) in [6.45, 7) is 0. The van der Waals surface area contributed by atoms with Crippen LogP contribution in [0, 0.1) is 0 Å². The standard InChI is InChI=1S/C44H31N2OP/c47-48(34-14-2-1-3-15-34,43-24-22-32(28-45-43)41-26-30-12-4-6-16-35(30)37-18-8-10-20-39(37)41)44-25-23-33(29-46-44)42-27-31-13-5-7-17-36(31)38-19-9-11-21-40(38)42/h1-29,43,45H. The van der Waals surface area contributed by atoms with Crippen LogP contribution in [-0.4, -0.2) is 10.8 Å². The summed E-state index contributed by atoms with van der Waals surface area (Å²) < 4.78 is 15.4. The average Bonchev–Trinajstić information content (AvgIpc) is 3.17. The number of aromatic nitrogens is 1. The lowest BCUT2D eigenvalue weighted by atomic mass is 9.93. The first-order valence-corrected chi connectivity index (χ1v) is 18.0. The van der Waals surface area contributed by atoms with Crippen LogP contribution in [0.4, 0.5) is 0 Å². The molecule has 2 heterocycles. The third-order valence-electron chi connectivity index (χ3n) is 9.65. The molecule has 48 heavy (non-hydrogen) atoms. The molecule has 0 spiro atoms. The van der Waals surface area contributed by atoms with Crippen LogP contribution in [0.5, 0.6) is 0 Å². The molecule has 7 aromatic carbocycles. The van der Waals surface area contributed by atoms with Crippen molar-refractivity contribution < 1.29 is 4.57 Å². The zero-order valence-electron chi connectivity index (χ0n) is 26.1. The Balaban J connectivity index is 1.12. The third-order valence-corrected chi connectivity index (χ3v) is 12.8. The number of allylic oxidation sites excluding steroid dienone is 2. The highest BCUT2D eigenvalue weighted by atomic mass is 31.2. The Bertz CT molecular complexity index is 2620. The molecule has 2 atom stereocenters. The first-order valence-electron chi connectivity index (χ1n) is 16.3. The first-order chi connectivity index (χ1) is 23.7. The summed E-state index contributed by atoms with van der Waals surface area (Å²) >= 11 is 0. The highest BCUT2D eigenvalue weighted by molar-refractivity contribution is 7.79. The fourth-order valence-corrected chi connectivity index (χ4v) is 9.90. The number of pyridine rings is 1. The lowest BCUT2D eigenvalue weighted by Gasteiger charge is -2.29. The minimum Gasteiger partial charge on any atom is -0.377 e. The molecule has 0 saturated heterocycles. The van der Waals surface area contributed by atoms with Gasteiger partial charge in [0.05, 0.1) is 0 Å². The van der Waals surface area contributed by atoms with E-state index >= 15 is 4.57 Å². The summed E-state index contributed by atoms with van der Waals surface area (Å²) in [5.74, 6) is -0.449. The maximum Gasteiger partial charge on any atom is 0.185 e. The minimum absolute atomic E-state index is 0.449. The summed E-state index contributed by atoms with van der Waals surface area (Å²) in [4.78, 5) is 4.96. The molecule has 8 aromatic rings. The Kier molecular flexibility index (Phi) is 6.81. The Morgan fingerprint density at radius 2 is 1.08 bits per heavy atom.